The normalized spacial score (nSPS) is 21.7. The molecule has 2 heterocycles. The van der Waals surface area contributed by atoms with Gasteiger partial charge in [-0.1, -0.05) is 12.1 Å². The second-order valence-electron chi connectivity index (χ2n) is 8.09. The molecule has 0 spiro atoms. The number of carboxylic acid groups (broad SMARTS) is 1. The van der Waals surface area contributed by atoms with Gasteiger partial charge in [0.25, 0.3) is 5.91 Å². The Morgan fingerprint density at radius 3 is 2.52 bits per heavy atom. The summed E-state index contributed by atoms with van der Waals surface area (Å²) >= 11 is 0. The van der Waals surface area contributed by atoms with Crippen molar-refractivity contribution in [3.8, 4) is 0 Å². The molecule has 1 aromatic carbocycles. The van der Waals surface area contributed by atoms with E-state index in [2.05, 4.69) is 22.1 Å². The van der Waals surface area contributed by atoms with Crippen molar-refractivity contribution in [1.82, 2.24) is 9.97 Å². The third-order valence-electron chi connectivity index (χ3n) is 6.14. The minimum absolute atomic E-state index is 0.148. The Hall–Kier alpha value is -2.96. The Morgan fingerprint density at radius 2 is 1.86 bits per heavy atom. The first kappa shape index (κ1) is 19.4. The van der Waals surface area contributed by atoms with Gasteiger partial charge in [0.05, 0.1) is 5.69 Å². The zero-order chi connectivity index (χ0) is 20.5. The van der Waals surface area contributed by atoms with E-state index in [-0.39, 0.29) is 18.1 Å². The van der Waals surface area contributed by atoms with Crippen LogP contribution in [-0.2, 0) is 11.2 Å². The Bertz CT molecular complexity index is 934. The van der Waals surface area contributed by atoms with Crippen LogP contribution in [0.5, 0.6) is 0 Å². The summed E-state index contributed by atoms with van der Waals surface area (Å²) in [6.07, 6.45) is 4.87. The van der Waals surface area contributed by atoms with E-state index in [0.717, 1.165) is 37.1 Å². The van der Waals surface area contributed by atoms with Gasteiger partial charge < -0.3 is 15.7 Å². The van der Waals surface area contributed by atoms with Crippen LogP contribution in [-0.4, -0.2) is 33.5 Å². The highest BCUT2D eigenvalue weighted by Gasteiger charge is 2.30. The zero-order valence-electron chi connectivity index (χ0n) is 16.6. The van der Waals surface area contributed by atoms with Crippen molar-refractivity contribution in [2.45, 2.75) is 51.4 Å². The molecule has 0 unspecified atom stereocenters. The Balaban J connectivity index is 1.46. The average Bonchev–Trinajstić information content (AvgIpc) is 2.68. The van der Waals surface area contributed by atoms with Gasteiger partial charge in [-0.3, -0.25) is 9.59 Å². The fourth-order valence-corrected chi connectivity index (χ4v) is 4.64. The fourth-order valence-electron chi connectivity index (χ4n) is 4.64. The molecule has 3 N–H and O–H groups in total. The number of hydrogen-bond acceptors (Lipinski definition) is 5. The number of anilines is 2. The van der Waals surface area contributed by atoms with Crippen molar-refractivity contribution < 1.29 is 14.7 Å². The van der Waals surface area contributed by atoms with Crippen molar-refractivity contribution in [1.29, 1.82) is 0 Å². The fraction of sp³-hybridized carbons (Fsp3) is 0.455. The Labute approximate surface area is 170 Å². The quantitative estimate of drug-likeness (QED) is 0.823. The van der Waals surface area contributed by atoms with E-state index < -0.39 is 5.97 Å². The number of carboxylic acids is 1. The summed E-state index contributed by atoms with van der Waals surface area (Å²) < 4.78 is 0. The average molecular weight is 394 g/mol. The van der Waals surface area contributed by atoms with E-state index in [1.807, 2.05) is 12.1 Å². The number of nitrogens with zero attached hydrogens (tertiary/aromatic N) is 3. The van der Waals surface area contributed by atoms with E-state index in [1.165, 1.54) is 5.56 Å². The van der Waals surface area contributed by atoms with Crippen LogP contribution in [0.2, 0.25) is 0 Å². The Morgan fingerprint density at radius 1 is 1.17 bits per heavy atom. The number of nitrogens with two attached hydrogens (primary N) is 1. The Kier molecular flexibility index (Phi) is 5.22. The van der Waals surface area contributed by atoms with Crippen molar-refractivity contribution in [2.75, 3.05) is 17.2 Å². The first-order valence-electron chi connectivity index (χ1n) is 10.2. The number of carbonyl (C=O) groups excluding carboxylic acids is 1. The van der Waals surface area contributed by atoms with Crippen LogP contribution in [0.3, 0.4) is 0 Å². The summed E-state index contributed by atoms with van der Waals surface area (Å²) in [7, 11) is 0. The number of nitrogen functional groups attached to an aromatic ring is 1. The van der Waals surface area contributed by atoms with Gasteiger partial charge in [-0.05, 0) is 62.1 Å². The maximum atomic E-state index is 13.0. The molecule has 1 fully saturated rings. The smallest absolute Gasteiger partial charge is 0.303 e. The number of aromatic nitrogens is 2. The number of hydrogen-bond donors (Lipinski definition) is 2. The molecule has 0 radical (unpaired) electrons. The zero-order valence-corrected chi connectivity index (χ0v) is 16.6. The van der Waals surface area contributed by atoms with Crippen LogP contribution in [0.1, 0.15) is 65.5 Å². The first-order chi connectivity index (χ1) is 13.9. The van der Waals surface area contributed by atoms with Gasteiger partial charge in [0.15, 0.2) is 0 Å². The largest absolute Gasteiger partial charge is 0.481 e. The molecule has 1 saturated carbocycles. The van der Waals surface area contributed by atoms with Crippen LogP contribution in [0, 0.1) is 12.8 Å². The SMILES string of the molecule is Cc1nc(N)c2c(n1)CCN(c1ccc(C3CCC(CC(=O)O)CC3)cc1)C2=O. The van der Waals surface area contributed by atoms with Gasteiger partial charge in [-0.25, -0.2) is 9.97 Å². The van der Waals surface area contributed by atoms with Gasteiger partial charge in [0.1, 0.15) is 17.2 Å². The standard InChI is InChI=1S/C22H26N4O3/c1-13-24-18-10-11-26(22(29)20(18)21(23)25-13)17-8-6-16(7-9-17)15-4-2-14(3-5-15)12-19(27)28/h6-9,14-15H,2-5,10-12H2,1H3,(H,27,28)(H2,23,24,25). The predicted octanol–water partition coefficient (Wildman–Crippen LogP) is 3.32. The number of benzene rings is 1. The van der Waals surface area contributed by atoms with Gasteiger partial charge in [0.2, 0.25) is 0 Å². The summed E-state index contributed by atoms with van der Waals surface area (Å²) in [5.41, 5.74) is 9.25. The minimum Gasteiger partial charge on any atom is -0.481 e. The first-order valence-corrected chi connectivity index (χ1v) is 10.2. The third-order valence-corrected chi connectivity index (χ3v) is 6.14. The van der Waals surface area contributed by atoms with Crippen molar-refractivity contribution in [3.05, 3.63) is 46.9 Å². The number of fused-ring (bicyclic) bond motifs is 1. The molecule has 0 bridgehead atoms. The number of carbonyl (C=O) groups is 2. The molecule has 29 heavy (non-hydrogen) atoms. The van der Waals surface area contributed by atoms with E-state index in [0.29, 0.717) is 36.2 Å². The lowest BCUT2D eigenvalue weighted by atomic mass is 9.77. The molecule has 7 nitrogen and oxygen atoms in total. The molecule has 2 aromatic rings. The summed E-state index contributed by atoms with van der Waals surface area (Å²) in [6, 6.07) is 8.17. The van der Waals surface area contributed by atoms with E-state index >= 15 is 0 Å². The van der Waals surface area contributed by atoms with Crippen molar-refractivity contribution >= 4 is 23.4 Å². The molecule has 4 rings (SSSR count). The van der Waals surface area contributed by atoms with E-state index in [4.69, 9.17) is 10.8 Å². The summed E-state index contributed by atoms with van der Waals surface area (Å²) in [4.78, 5) is 34.1. The molecule has 0 atom stereocenters. The second-order valence-corrected chi connectivity index (χ2v) is 8.09. The number of rotatable bonds is 4. The highest BCUT2D eigenvalue weighted by molar-refractivity contribution is 6.10. The molecule has 7 heteroatoms. The van der Waals surface area contributed by atoms with E-state index in [1.54, 1.807) is 11.8 Å². The van der Waals surface area contributed by atoms with Crippen molar-refractivity contribution in [3.63, 3.8) is 0 Å². The molecule has 1 aliphatic carbocycles. The van der Waals surface area contributed by atoms with E-state index in [9.17, 15) is 9.59 Å². The highest BCUT2D eigenvalue weighted by atomic mass is 16.4. The second kappa shape index (κ2) is 7.81. The monoisotopic (exact) mass is 394 g/mol. The lowest BCUT2D eigenvalue weighted by molar-refractivity contribution is -0.138. The van der Waals surface area contributed by atoms with Crippen LogP contribution >= 0.6 is 0 Å². The summed E-state index contributed by atoms with van der Waals surface area (Å²) in [5.74, 6) is 0.739. The predicted molar refractivity (Wildman–Crippen MR) is 110 cm³/mol. The van der Waals surface area contributed by atoms with Crippen LogP contribution in [0.15, 0.2) is 24.3 Å². The number of amides is 1. The molecule has 1 aromatic heterocycles. The molecule has 1 aliphatic heterocycles. The maximum Gasteiger partial charge on any atom is 0.303 e. The number of aliphatic carboxylic acids is 1. The van der Waals surface area contributed by atoms with Crippen LogP contribution < -0.4 is 10.6 Å². The maximum absolute atomic E-state index is 13.0. The third kappa shape index (κ3) is 3.95. The molecular formula is C22H26N4O3. The molecule has 152 valence electrons. The molecule has 2 aliphatic rings. The van der Waals surface area contributed by atoms with Gasteiger partial charge >= 0.3 is 5.97 Å². The summed E-state index contributed by atoms with van der Waals surface area (Å²) in [5, 5.41) is 8.97. The van der Waals surface area contributed by atoms with Gasteiger partial charge in [-0.2, -0.15) is 0 Å². The minimum atomic E-state index is -0.702. The molecule has 1 amide bonds. The highest BCUT2D eigenvalue weighted by Crippen LogP contribution is 2.38. The van der Waals surface area contributed by atoms with Gasteiger partial charge in [0, 0.05) is 25.1 Å². The van der Waals surface area contributed by atoms with Crippen LogP contribution in [0.25, 0.3) is 0 Å². The molecular weight excluding hydrogens is 368 g/mol. The van der Waals surface area contributed by atoms with Crippen LogP contribution in [0.4, 0.5) is 11.5 Å². The van der Waals surface area contributed by atoms with Crippen molar-refractivity contribution in [2.24, 2.45) is 5.92 Å². The lowest BCUT2D eigenvalue weighted by Crippen LogP contribution is -2.39. The molecule has 0 saturated heterocycles. The summed E-state index contributed by atoms with van der Waals surface area (Å²) in [6.45, 7) is 2.35. The lowest BCUT2D eigenvalue weighted by Gasteiger charge is -2.30. The van der Waals surface area contributed by atoms with Gasteiger partial charge in [-0.15, -0.1) is 0 Å². The topological polar surface area (TPSA) is 109 Å². The number of aryl methyl sites for hydroxylation is 1.